The van der Waals surface area contributed by atoms with Crippen LogP contribution in [0.5, 0.6) is 5.88 Å². The van der Waals surface area contributed by atoms with E-state index in [1.165, 1.54) is 0 Å². The lowest BCUT2D eigenvalue weighted by molar-refractivity contribution is 0.293. The van der Waals surface area contributed by atoms with Crippen LogP contribution in [0.1, 0.15) is 24.1 Å². The third-order valence-electron chi connectivity index (χ3n) is 2.51. The number of aromatic nitrogens is 1. The molecule has 2 rings (SSSR count). The van der Waals surface area contributed by atoms with Gasteiger partial charge in [-0.15, -0.1) is 0 Å². The van der Waals surface area contributed by atoms with Crippen LogP contribution < -0.4 is 10.5 Å². The molecule has 1 aromatic carbocycles. The molecule has 0 bridgehead atoms. The van der Waals surface area contributed by atoms with Crippen LogP contribution in [0.3, 0.4) is 0 Å². The van der Waals surface area contributed by atoms with Crippen molar-refractivity contribution >= 4 is 0 Å². The van der Waals surface area contributed by atoms with Crippen molar-refractivity contribution in [1.29, 1.82) is 0 Å². The molecule has 0 fully saturated rings. The van der Waals surface area contributed by atoms with Gasteiger partial charge in [-0.2, -0.15) is 0 Å². The highest BCUT2D eigenvalue weighted by atomic mass is 16.5. The van der Waals surface area contributed by atoms with Crippen molar-refractivity contribution < 1.29 is 4.74 Å². The van der Waals surface area contributed by atoms with E-state index in [4.69, 9.17) is 10.5 Å². The normalized spacial score (nSPS) is 12.1. The topological polar surface area (TPSA) is 48.1 Å². The molecule has 3 nitrogen and oxygen atoms in total. The Labute approximate surface area is 101 Å². The molecular formula is C14H16N2O. The number of pyridine rings is 1. The number of hydrogen-bond donors (Lipinski definition) is 1. The maximum Gasteiger partial charge on any atom is 0.213 e. The van der Waals surface area contributed by atoms with E-state index in [0.717, 1.165) is 11.1 Å². The van der Waals surface area contributed by atoms with Crippen LogP contribution >= 0.6 is 0 Å². The van der Waals surface area contributed by atoms with Crippen molar-refractivity contribution in [2.45, 2.75) is 19.6 Å². The van der Waals surface area contributed by atoms with E-state index in [1.807, 2.05) is 49.4 Å². The highest BCUT2D eigenvalue weighted by Crippen LogP contribution is 2.15. The van der Waals surface area contributed by atoms with Crippen LogP contribution in [-0.2, 0) is 6.61 Å². The molecule has 2 N–H and O–H groups in total. The molecule has 1 heterocycles. The molecule has 0 spiro atoms. The summed E-state index contributed by atoms with van der Waals surface area (Å²) in [7, 11) is 0. The molecular weight excluding hydrogens is 212 g/mol. The fraction of sp³-hybridized carbons (Fsp3) is 0.214. The summed E-state index contributed by atoms with van der Waals surface area (Å²) < 4.78 is 5.62. The number of benzene rings is 1. The monoisotopic (exact) mass is 228 g/mol. The van der Waals surface area contributed by atoms with Crippen LogP contribution in [0.4, 0.5) is 0 Å². The van der Waals surface area contributed by atoms with Crippen molar-refractivity contribution in [1.82, 2.24) is 4.98 Å². The largest absolute Gasteiger partial charge is 0.473 e. The van der Waals surface area contributed by atoms with E-state index in [0.29, 0.717) is 12.5 Å². The highest BCUT2D eigenvalue weighted by molar-refractivity contribution is 5.23. The Bertz CT molecular complexity index is 469. The van der Waals surface area contributed by atoms with Crippen molar-refractivity contribution in [2.24, 2.45) is 5.73 Å². The molecule has 0 aliphatic carbocycles. The smallest absolute Gasteiger partial charge is 0.213 e. The predicted molar refractivity (Wildman–Crippen MR) is 67.6 cm³/mol. The van der Waals surface area contributed by atoms with E-state index in [2.05, 4.69) is 4.98 Å². The van der Waals surface area contributed by atoms with Gasteiger partial charge < -0.3 is 10.5 Å². The quantitative estimate of drug-likeness (QED) is 0.875. The lowest BCUT2D eigenvalue weighted by Crippen LogP contribution is -2.06. The fourth-order valence-electron chi connectivity index (χ4n) is 1.52. The van der Waals surface area contributed by atoms with E-state index < -0.39 is 0 Å². The maximum atomic E-state index is 5.81. The summed E-state index contributed by atoms with van der Waals surface area (Å²) in [6, 6.07) is 13.8. The van der Waals surface area contributed by atoms with Crippen LogP contribution in [0.15, 0.2) is 48.7 Å². The molecule has 0 aliphatic heterocycles. The van der Waals surface area contributed by atoms with Crippen molar-refractivity contribution in [3.63, 3.8) is 0 Å². The Morgan fingerprint density at radius 2 is 2.00 bits per heavy atom. The zero-order chi connectivity index (χ0) is 12.1. The molecule has 2 aromatic rings. The summed E-state index contributed by atoms with van der Waals surface area (Å²) in [5, 5.41) is 0. The second-order valence-corrected chi connectivity index (χ2v) is 3.99. The summed E-state index contributed by atoms with van der Waals surface area (Å²) in [6.45, 7) is 2.46. The van der Waals surface area contributed by atoms with Gasteiger partial charge in [0, 0.05) is 18.3 Å². The molecule has 17 heavy (non-hydrogen) atoms. The first-order valence-electron chi connectivity index (χ1n) is 5.64. The van der Waals surface area contributed by atoms with Gasteiger partial charge in [0.2, 0.25) is 5.88 Å². The molecule has 0 radical (unpaired) electrons. The zero-order valence-electron chi connectivity index (χ0n) is 9.84. The van der Waals surface area contributed by atoms with Gasteiger partial charge in [-0.3, -0.25) is 0 Å². The molecule has 1 aromatic heterocycles. The molecule has 3 heteroatoms. The fourth-order valence-corrected chi connectivity index (χ4v) is 1.52. The Morgan fingerprint density at radius 1 is 1.24 bits per heavy atom. The highest BCUT2D eigenvalue weighted by Gasteiger charge is 2.02. The van der Waals surface area contributed by atoms with E-state index in [1.54, 1.807) is 6.20 Å². The first-order valence-corrected chi connectivity index (χ1v) is 5.64. The van der Waals surface area contributed by atoms with Gasteiger partial charge in [-0.05, 0) is 24.1 Å². The number of nitrogens with zero attached hydrogens (tertiary/aromatic N) is 1. The third-order valence-corrected chi connectivity index (χ3v) is 2.51. The van der Waals surface area contributed by atoms with Gasteiger partial charge in [-0.1, -0.05) is 30.3 Å². The van der Waals surface area contributed by atoms with Crippen LogP contribution in [-0.4, -0.2) is 4.98 Å². The Hall–Kier alpha value is -1.87. The summed E-state index contributed by atoms with van der Waals surface area (Å²) in [4.78, 5) is 4.16. The number of ether oxygens (including phenoxy) is 1. The molecule has 0 amide bonds. The minimum atomic E-state index is -0.00271. The molecule has 0 aliphatic rings. The SMILES string of the molecule is CC(N)c1ccnc(OCc2ccccc2)c1. The Morgan fingerprint density at radius 3 is 2.71 bits per heavy atom. The predicted octanol–water partition coefficient (Wildman–Crippen LogP) is 2.68. The molecule has 0 saturated heterocycles. The molecule has 1 unspecified atom stereocenters. The summed E-state index contributed by atoms with van der Waals surface area (Å²) in [6.07, 6.45) is 1.72. The van der Waals surface area contributed by atoms with Crippen LogP contribution in [0.2, 0.25) is 0 Å². The van der Waals surface area contributed by atoms with Gasteiger partial charge in [-0.25, -0.2) is 4.98 Å². The number of hydrogen-bond acceptors (Lipinski definition) is 3. The Balaban J connectivity index is 2.02. The summed E-state index contributed by atoms with van der Waals surface area (Å²) in [5.74, 6) is 0.614. The van der Waals surface area contributed by atoms with Crippen LogP contribution in [0.25, 0.3) is 0 Å². The van der Waals surface area contributed by atoms with Crippen molar-refractivity contribution in [3.05, 3.63) is 59.8 Å². The van der Waals surface area contributed by atoms with Gasteiger partial charge in [0.1, 0.15) is 6.61 Å². The molecule has 1 atom stereocenters. The number of rotatable bonds is 4. The first-order chi connectivity index (χ1) is 8.25. The standard InChI is InChI=1S/C14H16N2O/c1-11(15)13-7-8-16-14(9-13)17-10-12-5-3-2-4-6-12/h2-9,11H,10,15H2,1H3. The lowest BCUT2D eigenvalue weighted by Gasteiger charge is -2.08. The van der Waals surface area contributed by atoms with E-state index in [9.17, 15) is 0 Å². The number of nitrogens with two attached hydrogens (primary N) is 1. The second kappa shape index (κ2) is 5.46. The average molecular weight is 228 g/mol. The third kappa shape index (κ3) is 3.29. The molecule has 88 valence electrons. The van der Waals surface area contributed by atoms with Crippen molar-refractivity contribution in [3.8, 4) is 5.88 Å². The van der Waals surface area contributed by atoms with Gasteiger partial charge >= 0.3 is 0 Å². The van der Waals surface area contributed by atoms with E-state index >= 15 is 0 Å². The average Bonchev–Trinajstić information content (AvgIpc) is 2.38. The summed E-state index contributed by atoms with van der Waals surface area (Å²) in [5.41, 5.74) is 7.96. The van der Waals surface area contributed by atoms with Crippen LogP contribution in [0, 0.1) is 0 Å². The lowest BCUT2D eigenvalue weighted by atomic mass is 10.1. The zero-order valence-corrected chi connectivity index (χ0v) is 9.84. The van der Waals surface area contributed by atoms with Gasteiger partial charge in [0.25, 0.3) is 0 Å². The minimum absolute atomic E-state index is 0.00271. The first kappa shape index (κ1) is 11.6. The van der Waals surface area contributed by atoms with Crippen molar-refractivity contribution in [2.75, 3.05) is 0 Å². The van der Waals surface area contributed by atoms with Gasteiger partial charge in [0.15, 0.2) is 0 Å². The molecule has 0 saturated carbocycles. The maximum absolute atomic E-state index is 5.81. The minimum Gasteiger partial charge on any atom is -0.473 e. The Kier molecular flexibility index (Phi) is 3.73. The van der Waals surface area contributed by atoms with Gasteiger partial charge in [0.05, 0.1) is 0 Å². The van der Waals surface area contributed by atoms with E-state index in [-0.39, 0.29) is 6.04 Å². The second-order valence-electron chi connectivity index (χ2n) is 3.99. The summed E-state index contributed by atoms with van der Waals surface area (Å²) >= 11 is 0.